The van der Waals surface area contributed by atoms with Gasteiger partial charge in [-0.25, -0.2) is 4.79 Å². The number of carbonyl (C=O) groups excluding carboxylic acids is 1. The highest BCUT2D eigenvalue weighted by Gasteiger charge is 2.15. The SMILES string of the molecule is CCOC(=O)c1ccc(Cc2cc(Cl)ccc2OC(CC)CC)o1. The van der Waals surface area contributed by atoms with Crippen molar-refractivity contribution in [1.29, 1.82) is 0 Å². The van der Waals surface area contributed by atoms with Gasteiger partial charge in [-0.2, -0.15) is 0 Å². The molecule has 0 saturated heterocycles. The molecule has 0 radical (unpaired) electrons. The minimum absolute atomic E-state index is 0.164. The van der Waals surface area contributed by atoms with Crippen LogP contribution >= 0.6 is 11.6 Å². The summed E-state index contributed by atoms with van der Waals surface area (Å²) < 4.78 is 16.6. The molecule has 2 rings (SSSR count). The number of furan rings is 1. The van der Waals surface area contributed by atoms with E-state index in [0.29, 0.717) is 23.8 Å². The molecule has 2 aromatic rings. The van der Waals surface area contributed by atoms with Gasteiger partial charge in [0, 0.05) is 17.0 Å². The fourth-order valence-corrected chi connectivity index (χ4v) is 2.60. The second-order valence-corrected chi connectivity index (χ2v) is 5.91. The van der Waals surface area contributed by atoms with Gasteiger partial charge in [0.1, 0.15) is 11.5 Å². The van der Waals surface area contributed by atoms with Crippen LogP contribution in [0.1, 0.15) is 55.5 Å². The van der Waals surface area contributed by atoms with E-state index in [1.165, 1.54) is 0 Å². The lowest BCUT2D eigenvalue weighted by atomic mass is 10.1. The highest BCUT2D eigenvalue weighted by atomic mass is 35.5. The molecular weight excluding hydrogens is 328 g/mol. The van der Waals surface area contributed by atoms with Crippen LogP contribution in [0, 0.1) is 0 Å². The number of halogens is 1. The third-order valence-electron chi connectivity index (χ3n) is 3.73. The van der Waals surface area contributed by atoms with Crippen molar-refractivity contribution >= 4 is 17.6 Å². The maximum absolute atomic E-state index is 11.7. The van der Waals surface area contributed by atoms with Crippen molar-refractivity contribution in [1.82, 2.24) is 0 Å². The van der Waals surface area contributed by atoms with Crippen molar-refractivity contribution in [3.05, 3.63) is 52.4 Å². The van der Waals surface area contributed by atoms with Crippen LogP contribution in [0.25, 0.3) is 0 Å². The molecule has 1 heterocycles. The zero-order chi connectivity index (χ0) is 17.5. The standard InChI is InChI=1S/C19H23ClO4/c1-4-15(5-2)23-17-9-7-14(20)11-13(17)12-16-8-10-18(24-16)19(21)22-6-3/h7-11,15H,4-6,12H2,1-3H3. The summed E-state index contributed by atoms with van der Waals surface area (Å²) in [6.07, 6.45) is 2.53. The first kappa shape index (κ1) is 18.4. The van der Waals surface area contributed by atoms with Gasteiger partial charge >= 0.3 is 5.97 Å². The Hall–Kier alpha value is -1.94. The Morgan fingerprint density at radius 1 is 1.17 bits per heavy atom. The maximum atomic E-state index is 11.7. The van der Waals surface area contributed by atoms with Gasteiger partial charge in [-0.15, -0.1) is 0 Å². The average molecular weight is 351 g/mol. The number of carbonyl (C=O) groups is 1. The van der Waals surface area contributed by atoms with Crippen LogP contribution in [-0.4, -0.2) is 18.7 Å². The van der Waals surface area contributed by atoms with Crippen LogP contribution in [-0.2, 0) is 11.2 Å². The summed E-state index contributed by atoms with van der Waals surface area (Å²) in [5.74, 6) is 1.21. The molecule has 1 aromatic carbocycles. The summed E-state index contributed by atoms with van der Waals surface area (Å²) in [6, 6.07) is 8.96. The highest BCUT2D eigenvalue weighted by molar-refractivity contribution is 6.30. The van der Waals surface area contributed by atoms with Crippen LogP contribution < -0.4 is 4.74 Å². The predicted molar refractivity (Wildman–Crippen MR) is 93.9 cm³/mol. The summed E-state index contributed by atoms with van der Waals surface area (Å²) in [5.41, 5.74) is 0.930. The molecular formula is C19H23ClO4. The molecule has 130 valence electrons. The average Bonchev–Trinajstić information content (AvgIpc) is 3.03. The second-order valence-electron chi connectivity index (χ2n) is 5.47. The number of rotatable bonds is 8. The molecule has 5 heteroatoms. The van der Waals surface area contributed by atoms with Crippen molar-refractivity contribution in [3.8, 4) is 5.75 Å². The van der Waals surface area contributed by atoms with Crippen molar-refractivity contribution in [2.24, 2.45) is 0 Å². The zero-order valence-corrected chi connectivity index (χ0v) is 15.1. The molecule has 0 fully saturated rings. The first-order valence-electron chi connectivity index (χ1n) is 8.28. The third-order valence-corrected chi connectivity index (χ3v) is 3.96. The second kappa shape index (κ2) is 8.78. The zero-order valence-electron chi connectivity index (χ0n) is 14.3. The molecule has 0 saturated carbocycles. The van der Waals surface area contributed by atoms with Gasteiger partial charge in [-0.3, -0.25) is 0 Å². The first-order chi connectivity index (χ1) is 11.6. The quantitative estimate of drug-likeness (QED) is 0.608. The number of hydrogen-bond donors (Lipinski definition) is 0. The van der Waals surface area contributed by atoms with E-state index in [1.807, 2.05) is 18.2 Å². The molecule has 0 aliphatic rings. The summed E-state index contributed by atoms with van der Waals surface area (Å²) in [5, 5.41) is 0.638. The molecule has 0 bridgehead atoms. The molecule has 24 heavy (non-hydrogen) atoms. The van der Waals surface area contributed by atoms with Gasteiger partial charge < -0.3 is 13.9 Å². The summed E-state index contributed by atoms with van der Waals surface area (Å²) in [7, 11) is 0. The smallest absolute Gasteiger partial charge is 0.374 e. The molecule has 0 amide bonds. The summed E-state index contributed by atoms with van der Waals surface area (Å²) >= 11 is 6.12. The normalized spacial score (nSPS) is 10.9. The summed E-state index contributed by atoms with van der Waals surface area (Å²) in [6.45, 7) is 6.27. The Morgan fingerprint density at radius 3 is 2.58 bits per heavy atom. The highest BCUT2D eigenvalue weighted by Crippen LogP contribution is 2.28. The molecule has 0 N–H and O–H groups in total. The minimum Gasteiger partial charge on any atom is -0.490 e. The van der Waals surface area contributed by atoms with Crippen LogP contribution in [0.15, 0.2) is 34.7 Å². The monoisotopic (exact) mass is 350 g/mol. The van der Waals surface area contributed by atoms with E-state index in [-0.39, 0.29) is 11.9 Å². The number of ether oxygens (including phenoxy) is 2. The third kappa shape index (κ3) is 4.78. The largest absolute Gasteiger partial charge is 0.490 e. The van der Waals surface area contributed by atoms with E-state index in [0.717, 1.165) is 24.2 Å². The maximum Gasteiger partial charge on any atom is 0.374 e. The van der Waals surface area contributed by atoms with Crippen LogP contribution in [0.4, 0.5) is 0 Å². The van der Waals surface area contributed by atoms with Crippen molar-refractivity contribution in [2.75, 3.05) is 6.61 Å². The van der Waals surface area contributed by atoms with Gasteiger partial charge in [0.05, 0.1) is 12.7 Å². The Labute approximate surface area is 147 Å². The fourth-order valence-electron chi connectivity index (χ4n) is 2.41. The Kier molecular flexibility index (Phi) is 6.73. The van der Waals surface area contributed by atoms with E-state index in [9.17, 15) is 4.79 Å². The Balaban J connectivity index is 2.19. The van der Waals surface area contributed by atoms with Gasteiger partial charge in [-0.1, -0.05) is 25.4 Å². The van der Waals surface area contributed by atoms with Crippen LogP contribution in [0.2, 0.25) is 5.02 Å². The Bertz CT molecular complexity index is 674. The van der Waals surface area contributed by atoms with Crippen molar-refractivity contribution in [2.45, 2.75) is 46.1 Å². The molecule has 0 spiro atoms. The first-order valence-corrected chi connectivity index (χ1v) is 8.66. The van der Waals surface area contributed by atoms with E-state index in [2.05, 4.69) is 13.8 Å². The van der Waals surface area contributed by atoms with E-state index >= 15 is 0 Å². The van der Waals surface area contributed by atoms with Gasteiger partial charge in [0.15, 0.2) is 0 Å². The fraction of sp³-hybridized carbons (Fsp3) is 0.421. The van der Waals surface area contributed by atoms with Crippen molar-refractivity contribution in [3.63, 3.8) is 0 Å². The Morgan fingerprint density at radius 2 is 1.92 bits per heavy atom. The molecule has 0 aliphatic heterocycles. The van der Waals surface area contributed by atoms with Gasteiger partial charge in [0.2, 0.25) is 5.76 Å². The molecule has 1 aromatic heterocycles. The van der Waals surface area contributed by atoms with Gasteiger partial charge in [0.25, 0.3) is 0 Å². The van der Waals surface area contributed by atoms with E-state index in [4.69, 9.17) is 25.5 Å². The van der Waals surface area contributed by atoms with E-state index in [1.54, 1.807) is 19.1 Å². The topological polar surface area (TPSA) is 48.7 Å². The molecule has 0 atom stereocenters. The molecule has 0 unspecified atom stereocenters. The van der Waals surface area contributed by atoms with Crippen molar-refractivity contribution < 1.29 is 18.7 Å². The predicted octanol–water partition coefficient (Wildman–Crippen LogP) is 5.27. The van der Waals surface area contributed by atoms with Crippen LogP contribution in [0.5, 0.6) is 5.75 Å². The summed E-state index contributed by atoms with van der Waals surface area (Å²) in [4.78, 5) is 11.7. The molecule has 4 nitrogen and oxygen atoms in total. The lowest BCUT2D eigenvalue weighted by Gasteiger charge is -2.18. The lowest BCUT2D eigenvalue weighted by Crippen LogP contribution is -2.14. The number of esters is 1. The molecule has 0 aliphatic carbocycles. The lowest BCUT2D eigenvalue weighted by molar-refractivity contribution is 0.0488. The van der Waals surface area contributed by atoms with E-state index < -0.39 is 5.97 Å². The minimum atomic E-state index is -0.455. The number of hydrogen-bond acceptors (Lipinski definition) is 4. The number of benzene rings is 1. The van der Waals surface area contributed by atoms with Gasteiger partial charge in [-0.05, 0) is 50.1 Å². The van der Waals surface area contributed by atoms with Crippen LogP contribution in [0.3, 0.4) is 0 Å².